The van der Waals surface area contributed by atoms with Crippen LogP contribution in [-0.2, 0) is 9.59 Å². The van der Waals surface area contributed by atoms with Crippen LogP contribution in [-0.4, -0.2) is 37.5 Å². The van der Waals surface area contributed by atoms with Gasteiger partial charge in [-0.1, -0.05) is 13.8 Å². The summed E-state index contributed by atoms with van der Waals surface area (Å²) in [5.74, 6) is 0.0618. The Labute approximate surface area is 127 Å². The van der Waals surface area contributed by atoms with Gasteiger partial charge in [-0.05, 0) is 31.2 Å². The van der Waals surface area contributed by atoms with E-state index in [0.29, 0.717) is 32.0 Å². The van der Waals surface area contributed by atoms with Crippen LogP contribution in [0.15, 0.2) is 0 Å². The summed E-state index contributed by atoms with van der Waals surface area (Å²) in [6.07, 6.45) is 3.52. The van der Waals surface area contributed by atoms with Crippen LogP contribution in [0.4, 0.5) is 0 Å². The van der Waals surface area contributed by atoms with E-state index < -0.39 is 0 Å². The van der Waals surface area contributed by atoms with Crippen LogP contribution in [0.1, 0.15) is 39.5 Å². The molecule has 116 valence electrons. The largest absolute Gasteiger partial charge is 0.355 e. The first kappa shape index (κ1) is 17.2. The molecule has 3 N–H and O–H groups in total. The first-order valence-electron chi connectivity index (χ1n) is 7.27. The topological polar surface area (TPSA) is 70.2 Å². The van der Waals surface area contributed by atoms with Gasteiger partial charge in [-0.3, -0.25) is 9.59 Å². The minimum atomic E-state index is -0.0654. The lowest BCUT2D eigenvalue weighted by Gasteiger charge is -2.39. The Morgan fingerprint density at radius 1 is 1.45 bits per heavy atom. The number of hydrogen-bond donors (Lipinski definition) is 3. The predicted molar refractivity (Wildman–Crippen MR) is 80.8 cm³/mol. The number of hydrogen-bond acceptors (Lipinski definition) is 3. The average Bonchev–Trinajstić information content (AvgIpc) is 2.37. The minimum Gasteiger partial charge on any atom is -0.355 e. The number of nitrogens with one attached hydrogen (secondary N) is 3. The van der Waals surface area contributed by atoms with Gasteiger partial charge in [0.2, 0.25) is 11.8 Å². The first-order chi connectivity index (χ1) is 8.99. The van der Waals surface area contributed by atoms with Gasteiger partial charge in [0.1, 0.15) is 0 Å². The number of piperidine rings is 2. The number of halogens is 1. The molecule has 2 unspecified atom stereocenters. The summed E-state index contributed by atoms with van der Waals surface area (Å²) in [4.78, 5) is 23.1. The zero-order valence-electron chi connectivity index (χ0n) is 12.3. The normalized spacial score (nSPS) is 29.0. The van der Waals surface area contributed by atoms with Crippen molar-refractivity contribution in [2.45, 2.75) is 45.6 Å². The van der Waals surface area contributed by atoms with E-state index in [-0.39, 0.29) is 35.6 Å². The fourth-order valence-corrected chi connectivity index (χ4v) is 2.92. The Balaban J connectivity index is 0.00000200. The number of carbonyl (C=O) groups is 2. The maximum atomic E-state index is 12.1. The number of rotatable bonds is 3. The van der Waals surface area contributed by atoms with Crippen LogP contribution in [0, 0.1) is 11.3 Å². The fourth-order valence-electron chi connectivity index (χ4n) is 2.92. The summed E-state index contributed by atoms with van der Waals surface area (Å²) in [6, 6.07) is 0.336. The maximum Gasteiger partial charge on any atom is 0.224 e. The molecule has 0 aromatic carbocycles. The molecule has 2 fully saturated rings. The molecule has 0 bridgehead atoms. The summed E-state index contributed by atoms with van der Waals surface area (Å²) in [5.41, 5.74) is 0.228. The third-order valence-corrected chi connectivity index (χ3v) is 4.45. The molecule has 6 heteroatoms. The molecule has 0 radical (unpaired) electrons. The summed E-state index contributed by atoms with van der Waals surface area (Å²) in [6.45, 7) is 6.68. The Hall–Kier alpha value is -0.810. The van der Waals surface area contributed by atoms with Gasteiger partial charge in [-0.15, -0.1) is 12.4 Å². The minimum absolute atomic E-state index is 0. The standard InChI is InChI=1S/C14H25N3O2.ClH/c1-14(2)6-3-7-15-11(14)9-17-13(19)10-4-5-12(18)16-8-10;/h10-11,15H,3-9H2,1-2H3,(H,16,18)(H,17,19);1H. The van der Waals surface area contributed by atoms with Gasteiger partial charge < -0.3 is 16.0 Å². The monoisotopic (exact) mass is 303 g/mol. The molecule has 2 rings (SSSR count). The molecule has 2 amide bonds. The highest BCUT2D eigenvalue weighted by Crippen LogP contribution is 2.29. The highest BCUT2D eigenvalue weighted by molar-refractivity contribution is 5.85. The van der Waals surface area contributed by atoms with E-state index in [1.807, 2.05) is 0 Å². The van der Waals surface area contributed by atoms with Gasteiger partial charge in [0, 0.05) is 25.6 Å². The molecule has 0 aromatic heterocycles. The first-order valence-corrected chi connectivity index (χ1v) is 7.27. The molecule has 5 nitrogen and oxygen atoms in total. The van der Waals surface area contributed by atoms with Crippen LogP contribution in [0.2, 0.25) is 0 Å². The van der Waals surface area contributed by atoms with Crippen molar-refractivity contribution in [3.8, 4) is 0 Å². The molecule has 20 heavy (non-hydrogen) atoms. The fraction of sp³-hybridized carbons (Fsp3) is 0.857. The maximum absolute atomic E-state index is 12.1. The average molecular weight is 304 g/mol. The zero-order valence-corrected chi connectivity index (χ0v) is 13.1. The Kier molecular flexibility index (Phi) is 6.27. The Morgan fingerprint density at radius 2 is 2.20 bits per heavy atom. The second kappa shape index (κ2) is 7.27. The van der Waals surface area contributed by atoms with Gasteiger partial charge >= 0.3 is 0 Å². The van der Waals surface area contributed by atoms with Crippen molar-refractivity contribution in [3.05, 3.63) is 0 Å². The predicted octanol–water partition coefficient (Wildman–Crippen LogP) is 0.829. The van der Waals surface area contributed by atoms with Crippen molar-refractivity contribution in [1.82, 2.24) is 16.0 Å². The van der Waals surface area contributed by atoms with Gasteiger partial charge in [-0.25, -0.2) is 0 Å². The lowest BCUT2D eigenvalue weighted by molar-refractivity contribution is -0.129. The van der Waals surface area contributed by atoms with Crippen LogP contribution in [0.5, 0.6) is 0 Å². The molecule has 0 saturated carbocycles. The lowest BCUT2D eigenvalue weighted by atomic mass is 9.77. The van der Waals surface area contributed by atoms with Crippen molar-refractivity contribution in [1.29, 1.82) is 0 Å². The molecule has 0 spiro atoms. The van der Waals surface area contributed by atoms with Crippen LogP contribution in [0.3, 0.4) is 0 Å². The summed E-state index contributed by atoms with van der Waals surface area (Å²) < 4.78 is 0. The molecular weight excluding hydrogens is 278 g/mol. The second-order valence-corrected chi connectivity index (χ2v) is 6.38. The van der Waals surface area contributed by atoms with Crippen LogP contribution >= 0.6 is 12.4 Å². The molecule has 2 atom stereocenters. The van der Waals surface area contributed by atoms with Gasteiger partial charge in [0.05, 0.1) is 5.92 Å². The van der Waals surface area contributed by atoms with E-state index in [0.717, 1.165) is 6.54 Å². The molecule has 2 aliphatic heterocycles. The van der Waals surface area contributed by atoms with E-state index in [1.165, 1.54) is 12.8 Å². The Morgan fingerprint density at radius 3 is 2.80 bits per heavy atom. The van der Waals surface area contributed by atoms with Crippen molar-refractivity contribution in [2.75, 3.05) is 19.6 Å². The number of carbonyl (C=O) groups excluding carboxylic acids is 2. The van der Waals surface area contributed by atoms with E-state index in [2.05, 4.69) is 29.8 Å². The van der Waals surface area contributed by atoms with Crippen LogP contribution in [0.25, 0.3) is 0 Å². The zero-order chi connectivity index (χ0) is 13.9. The van der Waals surface area contributed by atoms with Crippen molar-refractivity contribution < 1.29 is 9.59 Å². The second-order valence-electron chi connectivity index (χ2n) is 6.38. The lowest BCUT2D eigenvalue weighted by Crippen LogP contribution is -2.54. The van der Waals surface area contributed by atoms with E-state index >= 15 is 0 Å². The highest BCUT2D eigenvalue weighted by atomic mass is 35.5. The van der Waals surface area contributed by atoms with E-state index in [4.69, 9.17) is 0 Å². The van der Waals surface area contributed by atoms with Gasteiger partial charge in [0.15, 0.2) is 0 Å². The molecule has 0 aliphatic carbocycles. The van der Waals surface area contributed by atoms with E-state index in [9.17, 15) is 9.59 Å². The van der Waals surface area contributed by atoms with Gasteiger partial charge in [0.25, 0.3) is 0 Å². The van der Waals surface area contributed by atoms with Gasteiger partial charge in [-0.2, -0.15) is 0 Å². The Bertz CT molecular complexity index is 350. The third-order valence-electron chi connectivity index (χ3n) is 4.45. The SMILES string of the molecule is CC1(C)CCCNC1CNC(=O)C1CCC(=O)NC1.Cl. The number of amides is 2. The smallest absolute Gasteiger partial charge is 0.224 e. The van der Waals surface area contributed by atoms with Crippen molar-refractivity contribution in [3.63, 3.8) is 0 Å². The quantitative estimate of drug-likeness (QED) is 0.723. The van der Waals surface area contributed by atoms with Crippen molar-refractivity contribution >= 4 is 24.2 Å². The third kappa shape index (κ3) is 4.35. The summed E-state index contributed by atoms with van der Waals surface area (Å²) in [7, 11) is 0. The van der Waals surface area contributed by atoms with Crippen LogP contribution < -0.4 is 16.0 Å². The molecule has 0 aromatic rings. The molecule has 2 aliphatic rings. The molecule has 2 heterocycles. The van der Waals surface area contributed by atoms with E-state index in [1.54, 1.807) is 0 Å². The summed E-state index contributed by atoms with van der Waals surface area (Å²) >= 11 is 0. The highest BCUT2D eigenvalue weighted by Gasteiger charge is 2.33. The molecule has 2 saturated heterocycles. The summed E-state index contributed by atoms with van der Waals surface area (Å²) in [5, 5.41) is 9.28. The van der Waals surface area contributed by atoms with Crippen molar-refractivity contribution in [2.24, 2.45) is 11.3 Å². The molecular formula is C14H26ClN3O2.